The van der Waals surface area contributed by atoms with Crippen molar-refractivity contribution in [3.8, 4) is 11.3 Å². The normalized spacial score (nSPS) is 10.9. The van der Waals surface area contributed by atoms with Crippen LogP contribution in [-0.2, 0) is 0 Å². The summed E-state index contributed by atoms with van der Waals surface area (Å²) in [6, 6.07) is 12.6. The Morgan fingerprint density at radius 3 is 3.00 bits per heavy atom. The fraction of sp³-hybridized carbons (Fsp3) is 0.0714. The van der Waals surface area contributed by atoms with Gasteiger partial charge in [-0.05, 0) is 30.5 Å². The fourth-order valence-corrected chi connectivity index (χ4v) is 2.43. The van der Waals surface area contributed by atoms with Gasteiger partial charge < -0.3 is 4.98 Å². The predicted octanol–water partition coefficient (Wildman–Crippen LogP) is 3.95. The summed E-state index contributed by atoms with van der Waals surface area (Å²) in [7, 11) is 0. The number of rotatable bonds is 2. The Bertz CT molecular complexity index is 658. The first-order chi connectivity index (χ1) is 8.38. The summed E-state index contributed by atoms with van der Waals surface area (Å²) in [5.41, 5.74) is 3.28. The SMILES string of the molecule is CSc1cccc(-c2nccc3cc[nH]c23)c1. The molecule has 0 unspecified atom stereocenters. The lowest BCUT2D eigenvalue weighted by Gasteiger charge is -2.04. The zero-order chi connectivity index (χ0) is 11.7. The van der Waals surface area contributed by atoms with Gasteiger partial charge >= 0.3 is 0 Å². The molecule has 0 saturated heterocycles. The molecule has 0 aliphatic rings. The van der Waals surface area contributed by atoms with E-state index in [1.807, 2.05) is 18.5 Å². The molecule has 0 spiro atoms. The molecule has 0 fully saturated rings. The molecule has 2 aromatic heterocycles. The smallest absolute Gasteiger partial charge is 0.0943 e. The molecule has 3 heteroatoms. The quantitative estimate of drug-likeness (QED) is 0.687. The second-order valence-corrected chi connectivity index (χ2v) is 4.71. The lowest BCUT2D eigenvalue weighted by atomic mass is 10.1. The number of hydrogen-bond donors (Lipinski definition) is 1. The van der Waals surface area contributed by atoms with E-state index in [0.29, 0.717) is 0 Å². The number of pyridine rings is 1. The van der Waals surface area contributed by atoms with Crippen molar-refractivity contribution in [2.75, 3.05) is 6.26 Å². The van der Waals surface area contributed by atoms with E-state index in [0.717, 1.165) is 16.8 Å². The van der Waals surface area contributed by atoms with Gasteiger partial charge in [0.15, 0.2) is 0 Å². The Kier molecular flexibility index (Phi) is 2.61. The summed E-state index contributed by atoms with van der Waals surface area (Å²) in [6.07, 6.45) is 5.90. The Hall–Kier alpha value is -1.74. The van der Waals surface area contributed by atoms with E-state index in [9.17, 15) is 0 Å². The molecule has 1 aromatic carbocycles. The third kappa shape index (κ3) is 1.83. The zero-order valence-electron chi connectivity index (χ0n) is 9.47. The molecule has 0 radical (unpaired) electrons. The summed E-state index contributed by atoms with van der Waals surface area (Å²) in [6.45, 7) is 0. The van der Waals surface area contributed by atoms with Gasteiger partial charge in [-0.15, -0.1) is 11.8 Å². The monoisotopic (exact) mass is 240 g/mol. The van der Waals surface area contributed by atoms with Crippen molar-refractivity contribution in [3.63, 3.8) is 0 Å². The van der Waals surface area contributed by atoms with E-state index in [2.05, 4.69) is 46.6 Å². The first kappa shape index (κ1) is 10.4. The summed E-state index contributed by atoms with van der Waals surface area (Å²) < 4.78 is 0. The van der Waals surface area contributed by atoms with Gasteiger partial charge in [-0.1, -0.05) is 12.1 Å². The molecule has 2 nitrogen and oxygen atoms in total. The third-order valence-electron chi connectivity index (χ3n) is 2.82. The van der Waals surface area contributed by atoms with Crippen LogP contribution in [-0.4, -0.2) is 16.2 Å². The van der Waals surface area contributed by atoms with Crippen LogP contribution in [0.1, 0.15) is 0 Å². The van der Waals surface area contributed by atoms with Crippen LogP contribution in [0.5, 0.6) is 0 Å². The van der Waals surface area contributed by atoms with Crippen LogP contribution < -0.4 is 0 Å². The number of hydrogen-bond acceptors (Lipinski definition) is 2. The number of thioether (sulfide) groups is 1. The highest BCUT2D eigenvalue weighted by atomic mass is 32.2. The molecule has 0 saturated carbocycles. The largest absolute Gasteiger partial charge is 0.359 e. The van der Waals surface area contributed by atoms with Gasteiger partial charge in [0.2, 0.25) is 0 Å². The minimum absolute atomic E-state index is 1.02. The van der Waals surface area contributed by atoms with Crippen LogP contribution >= 0.6 is 11.8 Å². The summed E-state index contributed by atoms with van der Waals surface area (Å²) in [4.78, 5) is 9.00. The van der Waals surface area contributed by atoms with Crippen molar-refractivity contribution in [3.05, 3.63) is 48.8 Å². The predicted molar refractivity (Wildman–Crippen MR) is 73.3 cm³/mol. The lowest BCUT2D eigenvalue weighted by molar-refractivity contribution is 1.32. The van der Waals surface area contributed by atoms with Crippen molar-refractivity contribution in [1.82, 2.24) is 9.97 Å². The number of H-pyrrole nitrogens is 1. The zero-order valence-corrected chi connectivity index (χ0v) is 10.3. The molecule has 0 aliphatic carbocycles. The standard InChI is InChI=1S/C14H12N2S/c1-17-12-4-2-3-11(9-12)14-13-10(5-7-15-13)6-8-16-14/h2-9,15H,1H3. The van der Waals surface area contributed by atoms with Gasteiger partial charge in [0.1, 0.15) is 0 Å². The highest BCUT2D eigenvalue weighted by Gasteiger charge is 2.06. The van der Waals surface area contributed by atoms with Gasteiger partial charge in [-0.2, -0.15) is 0 Å². The minimum atomic E-state index is 1.02. The van der Waals surface area contributed by atoms with E-state index in [1.54, 1.807) is 11.8 Å². The summed E-state index contributed by atoms with van der Waals surface area (Å²) >= 11 is 1.75. The maximum Gasteiger partial charge on any atom is 0.0943 e. The molecule has 3 rings (SSSR count). The fourth-order valence-electron chi connectivity index (χ4n) is 1.97. The number of aromatic nitrogens is 2. The molecular formula is C14H12N2S. The van der Waals surface area contributed by atoms with Gasteiger partial charge in [0, 0.05) is 28.2 Å². The first-order valence-electron chi connectivity index (χ1n) is 5.45. The summed E-state index contributed by atoms with van der Waals surface area (Å²) in [5.74, 6) is 0. The average molecular weight is 240 g/mol. The molecule has 0 aliphatic heterocycles. The molecule has 17 heavy (non-hydrogen) atoms. The number of nitrogens with one attached hydrogen (secondary N) is 1. The maximum absolute atomic E-state index is 4.48. The highest BCUT2D eigenvalue weighted by molar-refractivity contribution is 7.98. The molecule has 1 N–H and O–H groups in total. The Morgan fingerprint density at radius 1 is 1.18 bits per heavy atom. The molecular weight excluding hydrogens is 228 g/mol. The van der Waals surface area contributed by atoms with Crippen LogP contribution in [0.2, 0.25) is 0 Å². The number of nitrogens with zero attached hydrogens (tertiary/aromatic N) is 1. The van der Waals surface area contributed by atoms with Crippen LogP contribution in [0, 0.1) is 0 Å². The van der Waals surface area contributed by atoms with Gasteiger partial charge in [-0.25, -0.2) is 0 Å². The Morgan fingerprint density at radius 2 is 2.12 bits per heavy atom. The lowest BCUT2D eigenvalue weighted by Crippen LogP contribution is -1.85. The van der Waals surface area contributed by atoms with Gasteiger partial charge in [0.25, 0.3) is 0 Å². The van der Waals surface area contributed by atoms with Crippen LogP contribution in [0.25, 0.3) is 22.2 Å². The van der Waals surface area contributed by atoms with Crippen molar-refractivity contribution in [2.24, 2.45) is 0 Å². The van der Waals surface area contributed by atoms with Crippen molar-refractivity contribution >= 4 is 22.7 Å². The molecule has 2 heterocycles. The van der Waals surface area contributed by atoms with Crippen LogP contribution in [0.3, 0.4) is 0 Å². The third-order valence-corrected chi connectivity index (χ3v) is 3.54. The number of fused-ring (bicyclic) bond motifs is 1. The molecule has 0 amide bonds. The van der Waals surface area contributed by atoms with E-state index >= 15 is 0 Å². The molecule has 0 atom stereocenters. The topological polar surface area (TPSA) is 28.7 Å². The van der Waals surface area contributed by atoms with Gasteiger partial charge in [-0.3, -0.25) is 4.98 Å². The second-order valence-electron chi connectivity index (χ2n) is 3.83. The molecule has 84 valence electrons. The Labute approximate surface area is 104 Å². The van der Waals surface area contributed by atoms with Crippen molar-refractivity contribution < 1.29 is 0 Å². The minimum Gasteiger partial charge on any atom is -0.359 e. The van der Waals surface area contributed by atoms with Crippen molar-refractivity contribution in [2.45, 2.75) is 4.90 Å². The maximum atomic E-state index is 4.48. The first-order valence-corrected chi connectivity index (χ1v) is 6.67. The van der Waals surface area contributed by atoms with E-state index < -0.39 is 0 Å². The van der Waals surface area contributed by atoms with E-state index in [-0.39, 0.29) is 0 Å². The van der Waals surface area contributed by atoms with E-state index in [1.165, 1.54) is 10.3 Å². The molecule has 3 aromatic rings. The summed E-state index contributed by atoms with van der Waals surface area (Å²) in [5, 5.41) is 1.20. The Balaban J connectivity index is 2.23. The van der Waals surface area contributed by atoms with Crippen LogP contribution in [0.4, 0.5) is 0 Å². The highest BCUT2D eigenvalue weighted by Crippen LogP contribution is 2.27. The average Bonchev–Trinajstić information content (AvgIpc) is 2.87. The second kappa shape index (κ2) is 4.26. The van der Waals surface area contributed by atoms with Crippen LogP contribution in [0.15, 0.2) is 53.7 Å². The van der Waals surface area contributed by atoms with E-state index in [4.69, 9.17) is 0 Å². The molecule has 0 bridgehead atoms. The number of benzene rings is 1. The van der Waals surface area contributed by atoms with Gasteiger partial charge in [0.05, 0.1) is 11.2 Å². The number of aromatic amines is 1. The van der Waals surface area contributed by atoms with Crippen molar-refractivity contribution in [1.29, 1.82) is 0 Å².